The van der Waals surface area contributed by atoms with Crippen LogP contribution in [0.4, 0.5) is 0 Å². The Hall–Kier alpha value is -1.55. The number of methoxy groups -OCH3 is 1. The van der Waals surface area contributed by atoms with E-state index in [0.717, 1.165) is 16.9 Å². The Morgan fingerprint density at radius 1 is 1.38 bits per heavy atom. The molecule has 4 heteroatoms. The highest BCUT2D eigenvalue weighted by atomic mass is 16.5. The van der Waals surface area contributed by atoms with Gasteiger partial charge in [0.25, 0.3) is 0 Å². The molecule has 2 N–H and O–H groups in total. The summed E-state index contributed by atoms with van der Waals surface area (Å²) in [6, 6.07) is 3.54. The summed E-state index contributed by atoms with van der Waals surface area (Å²) in [4.78, 5) is 11.0. The van der Waals surface area contributed by atoms with Crippen LogP contribution >= 0.6 is 0 Å². The van der Waals surface area contributed by atoms with Gasteiger partial charge in [0.2, 0.25) is 0 Å². The lowest BCUT2D eigenvalue weighted by atomic mass is 9.93. The maximum atomic E-state index is 11.0. The third-order valence-electron chi connectivity index (χ3n) is 2.64. The summed E-state index contributed by atoms with van der Waals surface area (Å²) in [5.74, 6) is -1.16. The van der Waals surface area contributed by atoms with Gasteiger partial charge in [0.05, 0.1) is 13.7 Å². The fourth-order valence-corrected chi connectivity index (χ4v) is 1.72. The molecule has 1 aromatic rings. The number of carbonyl (C=O) groups is 1. The fraction of sp³-hybridized carbons (Fsp3) is 0.417. The second-order valence-electron chi connectivity index (χ2n) is 3.75. The molecular formula is C12H16O4. The highest BCUT2D eigenvalue weighted by Crippen LogP contribution is 2.27. The van der Waals surface area contributed by atoms with E-state index in [2.05, 4.69) is 0 Å². The van der Waals surface area contributed by atoms with Crippen molar-refractivity contribution in [2.24, 2.45) is 0 Å². The van der Waals surface area contributed by atoms with Crippen LogP contribution in [0.25, 0.3) is 0 Å². The monoisotopic (exact) mass is 224 g/mol. The third-order valence-corrected chi connectivity index (χ3v) is 2.64. The molecule has 0 saturated carbocycles. The van der Waals surface area contributed by atoms with Crippen LogP contribution in [0, 0.1) is 13.8 Å². The molecule has 88 valence electrons. The first-order chi connectivity index (χ1) is 7.51. The molecule has 16 heavy (non-hydrogen) atoms. The Balaban J connectivity index is 3.24. The van der Waals surface area contributed by atoms with Crippen molar-refractivity contribution in [3.05, 3.63) is 28.8 Å². The van der Waals surface area contributed by atoms with Gasteiger partial charge in [-0.3, -0.25) is 4.79 Å². The molecule has 0 aliphatic carbocycles. The second kappa shape index (κ2) is 4.99. The molecule has 0 aliphatic heterocycles. The smallest absolute Gasteiger partial charge is 0.313 e. The van der Waals surface area contributed by atoms with Gasteiger partial charge in [-0.05, 0) is 36.6 Å². The minimum atomic E-state index is -1.02. The number of hydrogen-bond donors (Lipinski definition) is 2. The Morgan fingerprint density at radius 2 is 2.00 bits per heavy atom. The maximum Gasteiger partial charge on any atom is 0.313 e. The zero-order valence-corrected chi connectivity index (χ0v) is 9.65. The van der Waals surface area contributed by atoms with Gasteiger partial charge < -0.3 is 14.9 Å². The van der Waals surface area contributed by atoms with Gasteiger partial charge >= 0.3 is 5.97 Å². The zero-order valence-electron chi connectivity index (χ0n) is 9.65. The van der Waals surface area contributed by atoms with E-state index in [9.17, 15) is 4.79 Å². The first kappa shape index (κ1) is 12.5. The Kier molecular flexibility index (Phi) is 3.90. The van der Waals surface area contributed by atoms with Gasteiger partial charge in [0.15, 0.2) is 0 Å². The molecule has 0 radical (unpaired) electrons. The zero-order chi connectivity index (χ0) is 12.3. The van der Waals surface area contributed by atoms with Crippen molar-refractivity contribution in [1.29, 1.82) is 0 Å². The minimum absolute atomic E-state index is 0.401. The predicted octanol–water partition coefficient (Wildman–Crippen LogP) is 1.47. The van der Waals surface area contributed by atoms with E-state index in [1.54, 1.807) is 19.2 Å². The average Bonchev–Trinajstić information content (AvgIpc) is 2.23. The highest BCUT2D eigenvalue weighted by Gasteiger charge is 2.21. The molecular weight excluding hydrogens is 208 g/mol. The maximum absolute atomic E-state index is 11.0. The largest absolute Gasteiger partial charge is 0.496 e. The van der Waals surface area contributed by atoms with Gasteiger partial charge in [0.1, 0.15) is 11.7 Å². The fourth-order valence-electron chi connectivity index (χ4n) is 1.72. The summed E-state index contributed by atoms with van der Waals surface area (Å²) >= 11 is 0. The van der Waals surface area contributed by atoms with Crippen LogP contribution in [-0.4, -0.2) is 29.9 Å². The number of benzene rings is 1. The number of carboxylic acids is 1. The first-order valence-corrected chi connectivity index (χ1v) is 5.00. The highest BCUT2D eigenvalue weighted by molar-refractivity contribution is 5.77. The number of aliphatic hydroxyl groups excluding tert-OH is 1. The quantitative estimate of drug-likeness (QED) is 0.812. The molecule has 1 unspecified atom stereocenters. The van der Waals surface area contributed by atoms with Crippen LogP contribution in [0.1, 0.15) is 22.6 Å². The number of rotatable bonds is 4. The Morgan fingerprint density at radius 3 is 2.44 bits per heavy atom. The Bertz CT molecular complexity index is 398. The molecule has 0 amide bonds. The van der Waals surface area contributed by atoms with Crippen molar-refractivity contribution in [3.8, 4) is 5.75 Å². The number of aryl methyl sites for hydroxylation is 2. The molecule has 0 aliphatic rings. The standard InChI is InChI=1S/C12H16O4/c1-7-5-11(16-3)8(2)4-9(7)10(6-13)12(14)15/h4-5,10,13H,6H2,1-3H3,(H,14,15). The van der Waals surface area contributed by atoms with E-state index in [1.165, 1.54) is 0 Å². The number of aliphatic hydroxyl groups is 1. The van der Waals surface area contributed by atoms with Crippen molar-refractivity contribution < 1.29 is 19.7 Å². The van der Waals surface area contributed by atoms with Crippen LogP contribution in [0.5, 0.6) is 5.75 Å². The summed E-state index contributed by atoms with van der Waals surface area (Å²) in [6.07, 6.45) is 0. The number of carboxylic acid groups (broad SMARTS) is 1. The Labute approximate surface area is 94.5 Å². The lowest BCUT2D eigenvalue weighted by Gasteiger charge is -2.15. The summed E-state index contributed by atoms with van der Waals surface area (Å²) in [5.41, 5.74) is 2.31. The molecule has 0 bridgehead atoms. The normalized spacial score (nSPS) is 12.2. The molecule has 4 nitrogen and oxygen atoms in total. The number of hydrogen-bond acceptors (Lipinski definition) is 3. The van der Waals surface area contributed by atoms with Gasteiger partial charge in [-0.25, -0.2) is 0 Å². The van der Waals surface area contributed by atoms with Crippen molar-refractivity contribution in [1.82, 2.24) is 0 Å². The summed E-state index contributed by atoms with van der Waals surface area (Å²) in [5, 5.41) is 18.1. The number of aliphatic carboxylic acids is 1. The topological polar surface area (TPSA) is 66.8 Å². The summed E-state index contributed by atoms with van der Waals surface area (Å²) < 4.78 is 5.14. The molecule has 0 heterocycles. The van der Waals surface area contributed by atoms with Crippen LogP contribution in [0.3, 0.4) is 0 Å². The van der Waals surface area contributed by atoms with Crippen molar-refractivity contribution >= 4 is 5.97 Å². The van der Waals surface area contributed by atoms with E-state index in [-0.39, 0.29) is 0 Å². The van der Waals surface area contributed by atoms with E-state index in [0.29, 0.717) is 5.56 Å². The molecule has 0 spiro atoms. The SMILES string of the molecule is COc1cc(C)c(C(CO)C(=O)O)cc1C. The molecule has 1 rings (SSSR count). The van der Waals surface area contributed by atoms with Gasteiger partial charge in [0, 0.05) is 0 Å². The lowest BCUT2D eigenvalue weighted by molar-refractivity contribution is -0.139. The van der Waals surface area contributed by atoms with Crippen molar-refractivity contribution in [3.63, 3.8) is 0 Å². The van der Waals surface area contributed by atoms with E-state index < -0.39 is 18.5 Å². The van der Waals surface area contributed by atoms with Crippen LogP contribution in [0.15, 0.2) is 12.1 Å². The predicted molar refractivity (Wildman–Crippen MR) is 59.9 cm³/mol. The van der Waals surface area contributed by atoms with Crippen molar-refractivity contribution in [2.75, 3.05) is 13.7 Å². The second-order valence-corrected chi connectivity index (χ2v) is 3.75. The van der Waals surface area contributed by atoms with Gasteiger partial charge in [-0.1, -0.05) is 6.07 Å². The van der Waals surface area contributed by atoms with Gasteiger partial charge in [-0.2, -0.15) is 0 Å². The third kappa shape index (κ3) is 2.33. The average molecular weight is 224 g/mol. The molecule has 0 fully saturated rings. The van der Waals surface area contributed by atoms with E-state index >= 15 is 0 Å². The van der Waals surface area contributed by atoms with E-state index in [4.69, 9.17) is 14.9 Å². The van der Waals surface area contributed by atoms with Crippen LogP contribution in [0.2, 0.25) is 0 Å². The summed E-state index contributed by atoms with van der Waals surface area (Å²) in [6.45, 7) is 3.25. The first-order valence-electron chi connectivity index (χ1n) is 5.00. The van der Waals surface area contributed by atoms with Gasteiger partial charge in [-0.15, -0.1) is 0 Å². The number of ether oxygens (including phenoxy) is 1. The van der Waals surface area contributed by atoms with Crippen LogP contribution in [-0.2, 0) is 4.79 Å². The lowest BCUT2D eigenvalue weighted by Crippen LogP contribution is -2.17. The molecule has 1 aromatic carbocycles. The van der Waals surface area contributed by atoms with E-state index in [1.807, 2.05) is 13.8 Å². The summed E-state index contributed by atoms with van der Waals surface area (Å²) in [7, 11) is 1.57. The van der Waals surface area contributed by atoms with Crippen LogP contribution < -0.4 is 4.74 Å². The van der Waals surface area contributed by atoms with Crippen molar-refractivity contribution in [2.45, 2.75) is 19.8 Å². The molecule has 1 atom stereocenters. The molecule has 0 aromatic heterocycles. The molecule has 0 saturated heterocycles. The minimum Gasteiger partial charge on any atom is -0.496 e.